The summed E-state index contributed by atoms with van der Waals surface area (Å²) in [5.74, 6) is 0.159. The summed E-state index contributed by atoms with van der Waals surface area (Å²) >= 11 is 19.4. The van der Waals surface area contributed by atoms with E-state index < -0.39 is 4.30 Å². The summed E-state index contributed by atoms with van der Waals surface area (Å²) in [6.07, 6.45) is 0. The van der Waals surface area contributed by atoms with Crippen LogP contribution in [0.4, 0.5) is 0 Å². The third kappa shape index (κ3) is 51.4. The Morgan fingerprint density at radius 1 is 1.44 bits per heavy atom. The quantitative estimate of drug-likeness (QED) is 0.610. The molecule has 0 saturated heterocycles. The highest BCUT2D eigenvalue weighted by Gasteiger charge is 1.79. The summed E-state index contributed by atoms with van der Waals surface area (Å²) in [5.41, 5.74) is 0. The molecule has 0 radical (unpaired) electrons. The first-order valence-corrected chi connectivity index (χ1v) is 3.82. The smallest absolute Gasteiger partial charge is 0.180 e. The Kier molecular flexibility index (Phi) is 12.3. The predicted molar refractivity (Wildman–Crippen MR) is 42.7 cm³/mol. The fourth-order valence-corrected chi connectivity index (χ4v) is 0. The van der Waals surface area contributed by atoms with Crippen molar-refractivity contribution in [1.29, 1.82) is 0 Å². The first kappa shape index (κ1) is 12.5. The minimum absolute atomic E-state index is 0.0201. The molecule has 0 aliphatic heterocycles. The zero-order valence-corrected chi connectivity index (χ0v) is 7.73. The molecular weight excluding hydrogens is 206 g/mol. The summed E-state index contributed by atoms with van der Waals surface area (Å²) in [5, 5.41) is 0. The fourth-order valence-electron chi connectivity index (χ4n) is 0. The number of halogens is 4. The number of carbonyl (C=O) groups excluding carboxylic acids is 1. The maximum absolute atomic E-state index is 9.68. The highest BCUT2D eigenvalue weighted by Crippen LogP contribution is 2.03. The van der Waals surface area contributed by atoms with Crippen molar-refractivity contribution in [2.45, 2.75) is 11.2 Å². The van der Waals surface area contributed by atoms with Crippen LogP contribution in [-0.2, 0) is 4.79 Å². The van der Waals surface area contributed by atoms with Crippen molar-refractivity contribution >= 4 is 52.2 Å². The molecule has 0 aromatic rings. The molecule has 0 aliphatic carbocycles. The molecule has 0 heterocycles. The molecule has 0 atom stereocenters. The van der Waals surface area contributed by atoms with Crippen molar-refractivity contribution in [3.05, 3.63) is 0 Å². The lowest BCUT2D eigenvalue weighted by Crippen LogP contribution is -1.86. The van der Waals surface area contributed by atoms with Crippen LogP contribution in [0.5, 0.6) is 0 Å². The number of carbonyl (C=O) groups is 1. The Morgan fingerprint density at radius 3 is 1.56 bits per heavy atom. The average molecular weight is 212 g/mol. The van der Waals surface area contributed by atoms with Gasteiger partial charge in [-0.2, -0.15) is 0 Å². The van der Waals surface area contributed by atoms with E-state index in [0.29, 0.717) is 0 Å². The maximum Gasteiger partial charge on any atom is 0.180 e. The van der Waals surface area contributed by atoms with Gasteiger partial charge in [-0.1, -0.05) is 34.8 Å². The summed E-state index contributed by atoms with van der Waals surface area (Å²) in [7, 11) is 0. The summed E-state index contributed by atoms with van der Waals surface area (Å²) < 4.78 is -0.750. The van der Waals surface area contributed by atoms with E-state index in [1.54, 1.807) is 0 Å². The molecule has 0 unspecified atom stereocenters. The van der Waals surface area contributed by atoms with Gasteiger partial charge >= 0.3 is 0 Å². The molecule has 0 bridgehead atoms. The van der Waals surface area contributed by atoms with Crippen molar-refractivity contribution in [3.63, 3.8) is 0 Å². The number of ketones is 1. The van der Waals surface area contributed by atoms with Gasteiger partial charge in [0.2, 0.25) is 0 Å². The number of alkyl halides is 4. The van der Waals surface area contributed by atoms with Gasteiger partial charge < -0.3 is 0 Å². The van der Waals surface area contributed by atoms with Crippen molar-refractivity contribution < 1.29 is 4.79 Å². The van der Waals surface area contributed by atoms with Gasteiger partial charge in [-0.15, -0.1) is 11.6 Å². The second-order valence-corrected chi connectivity index (χ2v) is 3.33. The first-order chi connectivity index (χ1) is 4.00. The van der Waals surface area contributed by atoms with E-state index in [4.69, 9.17) is 46.4 Å². The molecule has 0 fully saturated rings. The monoisotopic (exact) mass is 210 g/mol. The molecule has 0 spiro atoms. The van der Waals surface area contributed by atoms with E-state index in [1.165, 1.54) is 6.92 Å². The molecular formula is C4H6Cl4O. The normalized spacial score (nSPS) is 8.22. The number of Topliss-reactive ketones (excluding diaryl/α,β-unsaturated/α-hetero) is 1. The molecule has 0 saturated carbocycles. The summed E-state index contributed by atoms with van der Waals surface area (Å²) in [6, 6.07) is 0. The lowest BCUT2D eigenvalue weighted by atomic mass is 10.5. The van der Waals surface area contributed by atoms with E-state index in [9.17, 15) is 4.79 Å². The largest absolute Gasteiger partial charge is 0.299 e. The standard InChI is InChI=1S/C3H5ClO.CHCl3/c1-3(5)2-4;2-1(3)4/h2H2,1H3;1H. The van der Waals surface area contributed by atoms with Gasteiger partial charge in [-0.3, -0.25) is 4.79 Å². The third-order valence-electron chi connectivity index (χ3n) is 0.188. The van der Waals surface area contributed by atoms with Crippen LogP contribution in [0.25, 0.3) is 0 Å². The van der Waals surface area contributed by atoms with Crippen LogP contribution in [0.2, 0.25) is 0 Å². The Morgan fingerprint density at radius 2 is 1.56 bits per heavy atom. The zero-order chi connectivity index (χ0) is 7.86. The predicted octanol–water partition coefficient (Wildman–Crippen LogP) is 2.80. The van der Waals surface area contributed by atoms with Crippen LogP contribution < -0.4 is 0 Å². The maximum atomic E-state index is 9.68. The van der Waals surface area contributed by atoms with Gasteiger partial charge in [0.1, 0.15) is 5.78 Å². The number of rotatable bonds is 1. The molecule has 0 rings (SSSR count). The lowest BCUT2D eigenvalue weighted by molar-refractivity contribution is -0.114. The van der Waals surface area contributed by atoms with Gasteiger partial charge in [-0.05, 0) is 6.92 Å². The Hall–Kier alpha value is 0.830. The average Bonchev–Trinajstić information content (AvgIpc) is 1.65. The Bertz CT molecular complexity index is 70.2. The van der Waals surface area contributed by atoms with Gasteiger partial charge in [0.05, 0.1) is 5.88 Å². The molecule has 0 amide bonds. The van der Waals surface area contributed by atoms with Gasteiger partial charge in [0, 0.05) is 0 Å². The highest BCUT2D eigenvalue weighted by molar-refractivity contribution is 6.63. The van der Waals surface area contributed by atoms with Gasteiger partial charge in [-0.25, -0.2) is 0 Å². The second-order valence-electron chi connectivity index (χ2n) is 1.08. The second kappa shape index (κ2) is 8.83. The van der Waals surface area contributed by atoms with Gasteiger partial charge in [0.15, 0.2) is 4.30 Å². The molecule has 0 aliphatic rings. The van der Waals surface area contributed by atoms with Crippen LogP contribution in [0, 0.1) is 0 Å². The van der Waals surface area contributed by atoms with Gasteiger partial charge in [0.25, 0.3) is 0 Å². The molecule has 0 aromatic carbocycles. The van der Waals surface area contributed by atoms with E-state index in [0.717, 1.165) is 0 Å². The fraction of sp³-hybridized carbons (Fsp3) is 0.750. The highest BCUT2D eigenvalue weighted by atomic mass is 35.6. The number of hydrogen-bond donors (Lipinski definition) is 0. The lowest BCUT2D eigenvalue weighted by Gasteiger charge is -1.69. The van der Waals surface area contributed by atoms with Crippen LogP contribution in [0.1, 0.15) is 6.92 Å². The molecule has 1 nitrogen and oxygen atoms in total. The molecule has 56 valence electrons. The van der Waals surface area contributed by atoms with Crippen molar-refractivity contribution in [1.82, 2.24) is 0 Å². The first-order valence-electron chi connectivity index (χ1n) is 1.98. The molecule has 5 heteroatoms. The zero-order valence-electron chi connectivity index (χ0n) is 4.70. The SMILES string of the molecule is CC(=O)CCl.ClC(Cl)Cl. The van der Waals surface area contributed by atoms with Crippen LogP contribution in [0.3, 0.4) is 0 Å². The summed E-state index contributed by atoms with van der Waals surface area (Å²) in [6.45, 7) is 1.45. The van der Waals surface area contributed by atoms with Crippen molar-refractivity contribution in [2.24, 2.45) is 0 Å². The van der Waals surface area contributed by atoms with Crippen LogP contribution in [-0.4, -0.2) is 16.0 Å². The molecule has 0 N–H and O–H groups in total. The van der Waals surface area contributed by atoms with Crippen LogP contribution in [0.15, 0.2) is 0 Å². The Labute approximate surface area is 74.2 Å². The third-order valence-corrected chi connectivity index (χ3v) is 0.565. The van der Waals surface area contributed by atoms with E-state index >= 15 is 0 Å². The molecule has 9 heavy (non-hydrogen) atoms. The molecule has 0 aromatic heterocycles. The Balaban J connectivity index is 0. The van der Waals surface area contributed by atoms with E-state index in [-0.39, 0.29) is 11.7 Å². The van der Waals surface area contributed by atoms with Crippen LogP contribution >= 0.6 is 46.4 Å². The van der Waals surface area contributed by atoms with E-state index in [1.807, 2.05) is 0 Å². The van der Waals surface area contributed by atoms with Crippen molar-refractivity contribution in [3.8, 4) is 0 Å². The number of hydrogen-bond acceptors (Lipinski definition) is 1. The topological polar surface area (TPSA) is 17.1 Å². The minimum atomic E-state index is -0.750. The van der Waals surface area contributed by atoms with Crippen molar-refractivity contribution in [2.75, 3.05) is 5.88 Å². The minimum Gasteiger partial charge on any atom is -0.299 e. The van der Waals surface area contributed by atoms with E-state index in [2.05, 4.69) is 0 Å². The summed E-state index contributed by atoms with van der Waals surface area (Å²) in [4.78, 5) is 9.68.